The molecule has 1 saturated carbocycles. The van der Waals surface area contributed by atoms with Crippen LogP contribution < -0.4 is 5.32 Å². The van der Waals surface area contributed by atoms with Gasteiger partial charge >= 0.3 is 6.03 Å². The van der Waals surface area contributed by atoms with Crippen LogP contribution in [-0.2, 0) is 9.47 Å². The number of nitrogens with zero attached hydrogens (tertiary/aromatic N) is 2. The lowest BCUT2D eigenvalue weighted by Gasteiger charge is -2.35. The van der Waals surface area contributed by atoms with Crippen LogP contribution in [0.3, 0.4) is 0 Å². The molecule has 0 unspecified atom stereocenters. The molecule has 6 heteroatoms. The van der Waals surface area contributed by atoms with Crippen molar-refractivity contribution in [1.82, 2.24) is 15.1 Å². The third kappa shape index (κ3) is 4.83. The van der Waals surface area contributed by atoms with Crippen molar-refractivity contribution >= 4 is 6.03 Å². The molecular formula is C16H29N3O3. The van der Waals surface area contributed by atoms with Crippen molar-refractivity contribution in [3.8, 4) is 0 Å². The predicted molar refractivity (Wildman–Crippen MR) is 83.9 cm³/mol. The number of morpholine rings is 1. The van der Waals surface area contributed by atoms with E-state index < -0.39 is 0 Å². The predicted octanol–water partition coefficient (Wildman–Crippen LogP) is 0.918. The molecule has 2 atom stereocenters. The Bertz CT molecular complexity index is 370. The van der Waals surface area contributed by atoms with Gasteiger partial charge in [-0.1, -0.05) is 0 Å². The van der Waals surface area contributed by atoms with Crippen molar-refractivity contribution in [2.24, 2.45) is 5.92 Å². The first kappa shape index (κ1) is 16.0. The van der Waals surface area contributed by atoms with Gasteiger partial charge < -0.3 is 24.6 Å². The molecule has 0 aromatic heterocycles. The van der Waals surface area contributed by atoms with Gasteiger partial charge in [-0.2, -0.15) is 0 Å². The Morgan fingerprint density at radius 3 is 2.73 bits per heavy atom. The Kier molecular flexibility index (Phi) is 5.55. The number of amides is 2. The molecule has 2 amide bonds. The minimum atomic E-state index is 0.0219. The second-order valence-electron chi connectivity index (χ2n) is 6.92. The van der Waals surface area contributed by atoms with E-state index in [-0.39, 0.29) is 18.2 Å². The molecule has 0 aromatic rings. The lowest BCUT2D eigenvalue weighted by atomic mass is 10.2. The summed E-state index contributed by atoms with van der Waals surface area (Å²) in [6, 6.07) is 0.0219. The van der Waals surface area contributed by atoms with Gasteiger partial charge in [0.2, 0.25) is 0 Å². The highest BCUT2D eigenvalue weighted by molar-refractivity contribution is 5.74. The van der Waals surface area contributed by atoms with Crippen molar-refractivity contribution in [3.05, 3.63) is 0 Å². The van der Waals surface area contributed by atoms with E-state index in [4.69, 9.17) is 9.47 Å². The van der Waals surface area contributed by atoms with E-state index in [2.05, 4.69) is 17.3 Å². The molecule has 2 heterocycles. The van der Waals surface area contributed by atoms with Crippen LogP contribution in [0.1, 0.15) is 25.7 Å². The fourth-order valence-corrected chi connectivity index (χ4v) is 3.30. The Hall–Kier alpha value is -0.850. The second kappa shape index (κ2) is 7.62. The molecule has 3 fully saturated rings. The molecule has 0 aromatic carbocycles. The molecule has 1 aliphatic carbocycles. The number of carbonyl (C=O) groups excluding carboxylic acids is 1. The van der Waals surface area contributed by atoms with E-state index in [1.54, 1.807) is 0 Å². The topological polar surface area (TPSA) is 54.0 Å². The molecule has 0 bridgehead atoms. The van der Waals surface area contributed by atoms with Crippen LogP contribution in [0, 0.1) is 5.92 Å². The first-order chi connectivity index (χ1) is 10.7. The highest BCUT2D eigenvalue weighted by Gasteiger charge is 2.28. The Balaban J connectivity index is 1.37. The van der Waals surface area contributed by atoms with Gasteiger partial charge in [-0.25, -0.2) is 4.79 Å². The molecule has 0 spiro atoms. The molecule has 126 valence electrons. The maximum Gasteiger partial charge on any atom is 0.317 e. The number of carbonyl (C=O) groups is 1. The van der Waals surface area contributed by atoms with Gasteiger partial charge in [-0.05, 0) is 38.6 Å². The number of rotatable bonds is 6. The first-order valence-electron chi connectivity index (χ1n) is 8.65. The van der Waals surface area contributed by atoms with E-state index in [0.717, 1.165) is 38.5 Å². The molecular weight excluding hydrogens is 282 g/mol. The van der Waals surface area contributed by atoms with Crippen LogP contribution in [0.5, 0.6) is 0 Å². The maximum absolute atomic E-state index is 12.3. The molecule has 3 aliphatic rings. The summed E-state index contributed by atoms with van der Waals surface area (Å²) in [6.07, 6.45) is 5.23. The van der Waals surface area contributed by atoms with E-state index in [9.17, 15) is 4.79 Å². The SMILES string of the molecule is CN(CC1CC1)C[C@H]1CN(C(=O)NC[C@H]2CCCO2)CCO1. The van der Waals surface area contributed by atoms with Crippen molar-refractivity contribution < 1.29 is 14.3 Å². The van der Waals surface area contributed by atoms with E-state index in [1.807, 2.05) is 4.90 Å². The van der Waals surface area contributed by atoms with Crippen molar-refractivity contribution in [1.29, 1.82) is 0 Å². The van der Waals surface area contributed by atoms with Crippen LogP contribution in [0.4, 0.5) is 4.79 Å². The number of hydrogen-bond donors (Lipinski definition) is 1. The van der Waals surface area contributed by atoms with Crippen molar-refractivity contribution in [2.75, 3.05) is 53.0 Å². The van der Waals surface area contributed by atoms with Gasteiger partial charge in [-0.3, -0.25) is 0 Å². The zero-order chi connectivity index (χ0) is 15.4. The average Bonchev–Trinajstić information content (AvgIpc) is 3.16. The summed E-state index contributed by atoms with van der Waals surface area (Å²) in [7, 11) is 2.15. The third-order valence-corrected chi connectivity index (χ3v) is 4.71. The second-order valence-corrected chi connectivity index (χ2v) is 6.92. The number of hydrogen-bond acceptors (Lipinski definition) is 4. The van der Waals surface area contributed by atoms with E-state index in [0.29, 0.717) is 26.2 Å². The van der Waals surface area contributed by atoms with E-state index in [1.165, 1.54) is 12.8 Å². The molecule has 6 nitrogen and oxygen atoms in total. The zero-order valence-corrected chi connectivity index (χ0v) is 13.6. The third-order valence-electron chi connectivity index (χ3n) is 4.71. The smallest absolute Gasteiger partial charge is 0.317 e. The molecule has 0 radical (unpaired) electrons. The highest BCUT2D eigenvalue weighted by Crippen LogP contribution is 2.29. The van der Waals surface area contributed by atoms with Crippen molar-refractivity contribution in [2.45, 2.75) is 37.9 Å². The Labute approximate surface area is 133 Å². The Morgan fingerprint density at radius 1 is 1.18 bits per heavy atom. The van der Waals surface area contributed by atoms with Crippen LogP contribution in [0.15, 0.2) is 0 Å². The summed E-state index contributed by atoms with van der Waals surface area (Å²) >= 11 is 0. The molecule has 1 N–H and O–H groups in total. The molecule has 2 aliphatic heterocycles. The summed E-state index contributed by atoms with van der Waals surface area (Å²) in [5, 5.41) is 3.00. The van der Waals surface area contributed by atoms with Gasteiger partial charge in [0, 0.05) is 39.3 Å². The van der Waals surface area contributed by atoms with Gasteiger partial charge in [0.1, 0.15) is 0 Å². The maximum atomic E-state index is 12.3. The van der Waals surface area contributed by atoms with Gasteiger partial charge in [0.25, 0.3) is 0 Å². The Morgan fingerprint density at radius 2 is 2.00 bits per heavy atom. The summed E-state index contributed by atoms with van der Waals surface area (Å²) in [4.78, 5) is 16.5. The summed E-state index contributed by atoms with van der Waals surface area (Å²) in [5.74, 6) is 0.888. The summed E-state index contributed by atoms with van der Waals surface area (Å²) in [5.41, 5.74) is 0. The van der Waals surface area contributed by atoms with Crippen molar-refractivity contribution in [3.63, 3.8) is 0 Å². The fraction of sp³-hybridized carbons (Fsp3) is 0.938. The zero-order valence-electron chi connectivity index (χ0n) is 13.6. The normalized spacial score (nSPS) is 29.1. The summed E-state index contributed by atoms with van der Waals surface area (Å²) in [6.45, 7) is 5.52. The molecule has 3 rings (SSSR count). The lowest BCUT2D eigenvalue weighted by Crippen LogP contribution is -2.53. The van der Waals surface area contributed by atoms with Crippen LogP contribution in [0.25, 0.3) is 0 Å². The lowest BCUT2D eigenvalue weighted by molar-refractivity contribution is -0.0280. The number of nitrogens with one attached hydrogen (secondary N) is 1. The molecule has 22 heavy (non-hydrogen) atoms. The number of urea groups is 1. The standard InChI is InChI=1S/C16H29N3O3/c1-18(10-13-4-5-13)11-15-12-19(6-8-22-15)16(20)17-9-14-3-2-7-21-14/h13-15H,2-12H2,1H3,(H,17,20)/t14-,15+/m1/s1. The van der Waals surface area contributed by atoms with Crippen LogP contribution in [0.2, 0.25) is 0 Å². The number of ether oxygens (including phenoxy) is 2. The van der Waals surface area contributed by atoms with Gasteiger partial charge in [0.15, 0.2) is 0 Å². The minimum absolute atomic E-state index is 0.0219. The van der Waals surface area contributed by atoms with Crippen LogP contribution >= 0.6 is 0 Å². The largest absolute Gasteiger partial charge is 0.376 e. The van der Waals surface area contributed by atoms with E-state index >= 15 is 0 Å². The molecule has 2 saturated heterocycles. The monoisotopic (exact) mass is 311 g/mol. The average molecular weight is 311 g/mol. The van der Waals surface area contributed by atoms with Gasteiger partial charge in [-0.15, -0.1) is 0 Å². The summed E-state index contributed by atoms with van der Waals surface area (Å²) < 4.78 is 11.4. The minimum Gasteiger partial charge on any atom is -0.376 e. The fourth-order valence-electron chi connectivity index (χ4n) is 3.30. The van der Waals surface area contributed by atoms with Crippen LogP contribution in [-0.4, -0.2) is 81.0 Å². The first-order valence-corrected chi connectivity index (χ1v) is 8.65. The van der Waals surface area contributed by atoms with Gasteiger partial charge in [0.05, 0.1) is 18.8 Å². The quantitative estimate of drug-likeness (QED) is 0.792. The number of likely N-dealkylation sites (N-methyl/N-ethyl adjacent to an activating group) is 1. The highest BCUT2D eigenvalue weighted by atomic mass is 16.5.